The summed E-state index contributed by atoms with van der Waals surface area (Å²) in [6.45, 7) is 1.55. The molecule has 180 valence electrons. The maximum absolute atomic E-state index is 15.1. The summed E-state index contributed by atoms with van der Waals surface area (Å²) >= 11 is 0. The standard InChI is InChI=1S/C25H24FN5O4/c26-20-12-18-21(31(17-6-7-17)15-19(23(18)32)24(33)34)13-22(20)29-8-10-30(11-9-29)25(35)28-27-14-16-4-2-1-3-5-16/h1-5,12-15,17H,6-11H2,(H,28,35)(H,33,34)/b27-14+. The van der Waals surface area contributed by atoms with Crippen LogP contribution >= 0.6 is 0 Å². The first-order chi connectivity index (χ1) is 16.9. The number of nitrogens with one attached hydrogen (secondary N) is 1. The number of halogens is 1. The SMILES string of the molecule is O=C(O)c1cn(C2CC2)c2cc(N3CCN(C(=O)N/N=C/c4ccccc4)CC3)c(F)cc2c1=O. The molecular formula is C25H24FN5O4. The first kappa shape index (κ1) is 22.6. The highest BCUT2D eigenvalue weighted by molar-refractivity contribution is 5.93. The lowest BCUT2D eigenvalue weighted by Gasteiger charge is -2.36. The average Bonchev–Trinajstić information content (AvgIpc) is 3.70. The van der Waals surface area contributed by atoms with Gasteiger partial charge in [-0.25, -0.2) is 19.4 Å². The highest BCUT2D eigenvalue weighted by Crippen LogP contribution is 2.38. The van der Waals surface area contributed by atoms with Crippen LogP contribution < -0.4 is 15.8 Å². The van der Waals surface area contributed by atoms with E-state index in [-0.39, 0.29) is 23.0 Å². The van der Waals surface area contributed by atoms with Gasteiger partial charge in [0.05, 0.1) is 17.4 Å². The lowest BCUT2D eigenvalue weighted by atomic mass is 10.1. The number of hydrogen-bond acceptors (Lipinski definition) is 5. The molecule has 1 aliphatic heterocycles. The number of amides is 2. The number of rotatable bonds is 5. The average molecular weight is 477 g/mol. The van der Waals surface area contributed by atoms with Gasteiger partial charge in [-0.2, -0.15) is 5.10 Å². The van der Waals surface area contributed by atoms with Gasteiger partial charge in [-0.3, -0.25) is 4.79 Å². The number of carboxylic acids is 1. The van der Waals surface area contributed by atoms with Gasteiger partial charge >= 0.3 is 12.0 Å². The maximum Gasteiger partial charge on any atom is 0.341 e. The second-order valence-electron chi connectivity index (χ2n) is 8.70. The molecule has 0 radical (unpaired) electrons. The number of benzene rings is 2. The summed E-state index contributed by atoms with van der Waals surface area (Å²) in [7, 11) is 0. The molecule has 2 aromatic carbocycles. The number of piperazine rings is 1. The molecule has 1 saturated carbocycles. The third-order valence-electron chi connectivity index (χ3n) is 6.35. The fourth-order valence-electron chi connectivity index (χ4n) is 4.33. The third kappa shape index (κ3) is 4.59. The Kier molecular flexibility index (Phi) is 5.94. The summed E-state index contributed by atoms with van der Waals surface area (Å²) in [5, 5.41) is 13.5. The fourth-order valence-corrected chi connectivity index (χ4v) is 4.33. The molecule has 10 heteroatoms. The Balaban J connectivity index is 1.32. The van der Waals surface area contributed by atoms with Crippen LogP contribution in [0.25, 0.3) is 10.9 Å². The highest BCUT2D eigenvalue weighted by Gasteiger charge is 2.29. The zero-order valence-corrected chi connectivity index (χ0v) is 18.9. The second kappa shape index (κ2) is 9.21. The van der Waals surface area contributed by atoms with Crippen molar-refractivity contribution in [3.63, 3.8) is 0 Å². The number of aromatic nitrogens is 1. The van der Waals surface area contributed by atoms with Crippen molar-refractivity contribution in [3.05, 3.63) is 75.8 Å². The molecule has 2 fully saturated rings. The van der Waals surface area contributed by atoms with Crippen LogP contribution in [0.3, 0.4) is 0 Å². The largest absolute Gasteiger partial charge is 0.477 e. The van der Waals surface area contributed by atoms with E-state index >= 15 is 4.39 Å². The maximum atomic E-state index is 15.1. The Morgan fingerprint density at radius 2 is 1.80 bits per heavy atom. The van der Waals surface area contributed by atoms with Gasteiger partial charge < -0.3 is 19.5 Å². The molecule has 1 saturated heterocycles. The van der Waals surface area contributed by atoms with Crippen LogP contribution in [-0.2, 0) is 0 Å². The van der Waals surface area contributed by atoms with E-state index in [4.69, 9.17) is 0 Å². The number of carbonyl (C=O) groups excluding carboxylic acids is 1. The van der Waals surface area contributed by atoms with E-state index in [1.165, 1.54) is 6.20 Å². The second-order valence-corrected chi connectivity index (χ2v) is 8.70. The number of aromatic carboxylic acids is 1. The van der Waals surface area contributed by atoms with Crippen molar-refractivity contribution < 1.29 is 19.1 Å². The lowest BCUT2D eigenvalue weighted by Crippen LogP contribution is -2.51. The normalized spacial score (nSPS) is 16.1. The number of hydrazone groups is 1. The number of urea groups is 1. The van der Waals surface area contributed by atoms with Crippen LogP contribution in [0.15, 0.2) is 58.6 Å². The molecule has 2 heterocycles. The van der Waals surface area contributed by atoms with Gasteiger partial charge in [0, 0.05) is 43.8 Å². The fraction of sp³-hybridized carbons (Fsp3) is 0.280. The minimum absolute atomic E-state index is 0.0624. The number of nitrogens with zero attached hydrogens (tertiary/aromatic N) is 4. The van der Waals surface area contributed by atoms with Gasteiger partial charge in [-0.15, -0.1) is 0 Å². The summed E-state index contributed by atoms with van der Waals surface area (Å²) in [5.74, 6) is -1.91. The molecule has 5 rings (SSSR count). The molecule has 0 atom stereocenters. The van der Waals surface area contributed by atoms with Crippen molar-refractivity contribution in [3.8, 4) is 0 Å². The van der Waals surface area contributed by atoms with Crippen molar-refractivity contribution in [2.75, 3.05) is 31.1 Å². The van der Waals surface area contributed by atoms with E-state index in [1.807, 2.05) is 35.2 Å². The number of pyridine rings is 1. The number of hydrogen-bond donors (Lipinski definition) is 2. The van der Waals surface area contributed by atoms with Gasteiger partial charge in [-0.1, -0.05) is 30.3 Å². The van der Waals surface area contributed by atoms with Crippen LogP contribution in [0, 0.1) is 5.82 Å². The predicted octanol–water partition coefficient (Wildman–Crippen LogP) is 3.04. The molecule has 2 N–H and O–H groups in total. The van der Waals surface area contributed by atoms with Crippen molar-refractivity contribution in [1.82, 2.24) is 14.9 Å². The van der Waals surface area contributed by atoms with E-state index in [9.17, 15) is 19.5 Å². The quantitative estimate of drug-likeness (QED) is 0.434. The zero-order valence-electron chi connectivity index (χ0n) is 18.9. The van der Waals surface area contributed by atoms with Crippen molar-refractivity contribution >= 4 is 34.8 Å². The Bertz CT molecular complexity index is 1380. The Morgan fingerprint density at radius 1 is 1.09 bits per heavy atom. The minimum atomic E-state index is -1.32. The van der Waals surface area contributed by atoms with E-state index in [0.717, 1.165) is 24.5 Å². The van der Waals surface area contributed by atoms with Crippen LogP contribution in [0.4, 0.5) is 14.9 Å². The van der Waals surface area contributed by atoms with Crippen LogP contribution in [0.5, 0.6) is 0 Å². The van der Waals surface area contributed by atoms with Crippen LogP contribution in [0.2, 0.25) is 0 Å². The summed E-state index contributed by atoms with van der Waals surface area (Å²) in [6.07, 6.45) is 4.69. The lowest BCUT2D eigenvalue weighted by molar-refractivity contribution is 0.0694. The summed E-state index contributed by atoms with van der Waals surface area (Å²) in [5.41, 5.74) is 3.19. The smallest absolute Gasteiger partial charge is 0.341 e. The van der Waals surface area contributed by atoms with Crippen LogP contribution in [0.1, 0.15) is 34.8 Å². The first-order valence-corrected chi connectivity index (χ1v) is 11.4. The number of fused-ring (bicyclic) bond motifs is 1. The number of anilines is 1. The number of carboxylic acid groups (broad SMARTS) is 1. The monoisotopic (exact) mass is 477 g/mol. The molecule has 1 aromatic heterocycles. The van der Waals surface area contributed by atoms with Crippen molar-refractivity contribution in [2.24, 2.45) is 5.10 Å². The predicted molar refractivity (Wildman–Crippen MR) is 130 cm³/mol. The molecule has 1 aliphatic carbocycles. The summed E-state index contributed by atoms with van der Waals surface area (Å²) in [4.78, 5) is 40.1. The molecule has 9 nitrogen and oxygen atoms in total. The first-order valence-electron chi connectivity index (χ1n) is 11.4. The van der Waals surface area contributed by atoms with Gasteiger partial charge in [-0.05, 0) is 30.5 Å². The minimum Gasteiger partial charge on any atom is -0.477 e. The molecule has 3 aromatic rings. The Hall–Kier alpha value is -4.21. The molecule has 2 amide bonds. The zero-order chi connectivity index (χ0) is 24.5. The Morgan fingerprint density at radius 3 is 2.46 bits per heavy atom. The van der Waals surface area contributed by atoms with Gasteiger partial charge in [0.25, 0.3) is 0 Å². The van der Waals surface area contributed by atoms with Crippen molar-refractivity contribution in [1.29, 1.82) is 0 Å². The van der Waals surface area contributed by atoms with Gasteiger partial charge in [0.1, 0.15) is 11.4 Å². The van der Waals surface area contributed by atoms with E-state index in [1.54, 1.807) is 21.7 Å². The third-order valence-corrected chi connectivity index (χ3v) is 6.35. The topological polar surface area (TPSA) is 107 Å². The summed E-state index contributed by atoms with van der Waals surface area (Å²) in [6, 6.07) is 11.9. The Labute approximate surface area is 200 Å². The van der Waals surface area contributed by atoms with Gasteiger partial charge in [0.15, 0.2) is 0 Å². The molecule has 2 aliphatic rings. The van der Waals surface area contributed by atoms with Crippen molar-refractivity contribution in [2.45, 2.75) is 18.9 Å². The molecule has 35 heavy (non-hydrogen) atoms. The summed E-state index contributed by atoms with van der Waals surface area (Å²) < 4.78 is 16.9. The number of carbonyl (C=O) groups is 2. The molecule has 0 unspecified atom stereocenters. The van der Waals surface area contributed by atoms with E-state index < -0.39 is 17.2 Å². The molecule has 0 spiro atoms. The van der Waals surface area contributed by atoms with Crippen LogP contribution in [-0.4, -0.2) is 59.0 Å². The van der Waals surface area contributed by atoms with E-state index in [0.29, 0.717) is 37.4 Å². The van der Waals surface area contributed by atoms with E-state index in [2.05, 4.69) is 10.5 Å². The molecule has 0 bridgehead atoms. The van der Waals surface area contributed by atoms with Gasteiger partial charge in [0.2, 0.25) is 5.43 Å². The highest BCUT2D eigenvalue weighted by atomic mass is 19.1. The molecular weight excluding hydrogens is 453 g/mol.